The van der Waals surface area contributed by atoms with Gasteiger partial charge >= 0.3 is 5.97 Å². The van der Waals surface area contributed by atoms with Gasteiger partial charge in [-0.1, -0.05) is 54.6 Å². The summed E-state index contributed by atoms with van der Waals surface area (Å²) in [6.45, 7) is 0. The minimum absolute atomic E-state index is 0.131. The predicted octanol–water partition coefficient (Wildman–Crippen LogP) is 4.13. The number of aliphatic carboxylic acids is 1. The predicted molar refractivity (Wildman–Crippen MR) is 106 cm³/mol. The zero-order chi connectivity index (χ0) is 18.8. The number of hydrogen-bond donors (Lipinski definition) is 3. The van der Waals surface area contributed by atoms with E-state index in [9.17, 15) is 9.59 Å². The van der Waals surface area contributed by atoms with Crippen LogP contribution >= 0.6 is 0 Å². The Bertz CT molecular complexity index is 1160. The third-order valence-corrected chi connectivity index (χ3v) is 4.61. The number of rotatable bonds is 5. The van der Waals surface area contributed by atoms with Gasteiger partial charge in [0, 0.05) is 22.0 Å². The Morgan fingerprint density at radius 1 is 0.815 bits per heavy atom. The van der Waals surface area contributed by atoms with Crippen LogP contribution in [0.3, 0.4) is 0 Å². The summed E-state index contributed by atoms with van der Waals surface area (Å²) < 4.78 is 0. The molecular formula is C22H18N2O3. The first-order valence-electron chi connectivity index (χ1n) is 8.69. The molecule has 0 aliphatic carbocycles. The van der Waals surface area contributed by atoms with Crippen LogP contribution in [0.5, 0.6) is 0 Å². The molecule has 3 N–H and O–H groups in total. The normalized spacial score (nSPS) is 11.0. The van der Waals surface area contributed by atoms with Crippen molar-refractivity contribution in [1.82, 2.24) is 4.98 Å². The van der Waals surface area contributed by atoms with Crippen LogP contribution < -0.4 is 5.32 Å². The van der Waals surface area contributed by atoms with Crippen molar-refractivity contribution in [2.45, 2.75) is 12.8 Å². The summed E-state index contributed by atoms with van der Waals surface area (Å²) in [5.74, 6) is -1.11. The number of aromatic amines is 1. The number of aromatic nitrogens is 1. The van der Waals surface area contributed by atoms with Crippen LogP contribution in [-0.4, -0.2) is 22.0 Å². The third kappa shape index (κ3) is 3.40. The lowest BCUT2D eigenvalue weighted by Gasteiger charge is -2.10. The van der Waals surface area contributed by atoms with Crippen LogP contribution in [-0.2, 0) is 22.4 Å². The van der Waals surface area contributed by atoms with Crippen LogP contribution in [0, 0.1) is 0 Å². The van der Waals surface area contributed by atoms with Gasteiger partial charge in [-0.25, -0.2) is 0 Å². The lowest BCUT2D eigenvalue weighted by atomic mass is 10.1. The van der Waals surface area contributed by atoms with Crippen LogP contribution in [0.25, 0.3) is 21.8 Å². The van der Waals surface area contributed by atoms with Gasteiger partial charge in [0.15, 0.2) is 0 Å². The van der Waals surface area contributed by atoms with Crippen molar-refractivity contribution in [3.63, 3.8) is 0 Å². The summed E-state index contributed by atoms with van der Waals surface area (Å²) in [5, 5.41) is 14.1. The second-order valence-corrected chi connectivity index (χ2v) is 6.46. The Hall–Kier alpha value is -3.60. The van der Waals surface area contributed by atoms with Crippen LogP contribution in [0.1, 0.15) is 11.1 Å². The molecule has 0 saturated carbocycles. The fraction of sp³-hybridized carbons (Fsp3) is 0.0909. The van der Waals surface area contributed by atoms with Gasteiger partial charge in [0.1, 0.15) is 0 Å². The molecule has 3 aromatic carbocycles. The van der Waals surface area contributed by atoms with E-state index in [1.807, 2.05) is 36.4 Å². The maximum Gasteiger partial charge on any atom is 0.307 e. The number of amides is 1. The van der Waals surface area contributed by atoms with Gasteiger partial charge in [0.2, 0.25) is 5.91 Å². The second kappa shape index (κ2) is 6.96. The van der Waals surface area contributed by atoms with Crippen molar-refractivity contribution in [1.29, 1.82) is 0 Å². The maximum atomic E-state index is 12.6. The Morgan fingerprint density at radius 3 is 2.37 bits per heavy atom. The number of para-hydroxylation sites is 3. The van der Waals surface area contributed by atoms with E-state index < -0.39 is 5.97 Å². The average molecular weight is 358 g/mol. The monoisotopic (exact) mass is 358 g/mol. The van der Waals surface area contributed by atoms with Gasteiger partial charge in [-0.05, 0) is 23.3 Å². The molecule has 0 fully saturated rings. The van der Waals surface area contributed by atoms with E-state index in [-0.39, 0.29) is 18.7 Å². The largest absolute Gasteiger partial charge is 0.481 e. The molecule has 0 radical (unpaired) electrons. The first kappa shape index (κ1) is 16.8. The van der Waals surface area contributed by atoms with Gasteiger partial charge in [0.05, 0.1) is 18.4 Å². The molecule has 5 heteroatoms. The van der Waals surface area contributed by atoms with Gasteiger partial charge in [0.25, 0.3) is 0 Å². The highest BCUT2D eigenvalue weighted by Crippen LogP contribution is 2.28. The summed E-state index contributed by atoms with van der Waals surface area (Å²) in [6.07, 6.45) is 0.0691. The Balaban J connectivity index is 1.62. The van der Waals surface area contributed by atoms with Crippen molar-refractivity contribution in [3.05, 3.63) is 77.9 Å². The molecule has 0 aliphatic rings. The quantitative estimate of drug-likeness (QED) is 0.502. The molecule has 1 aromatic heterocycles. The third-order valence-electron chi connectivity index (χ3n) is 4.61. The van der Waals surface area contributed by atoms with E-state index in [4.69, 9.17) is 5.11 Å². The zero-order valence-electron chi connectivity index (χ0n) is 14.5. The lowest BCUT2D eigenvalue weighted by Crippen LogP contribution is -2.16. The van der Waals surface area contributed by atoms with E-state index in [0.29, 0.717) is 11.3 Å². The molecule has 0 saturated heterocycles. The van der Waals surface area contributed by atoms with Gasteiger partial charge in [-0.15, -0.1) is 0 Å². The van der Waals surface area contributed by atoms with Crippen molar-refractivity contribution < 1.29 is 14.7 Å². The molecule has 1 heterocycles. The Kier molecular flexibility index (Phi) is 4.34. The number of carbonyl (C=O) groups excluding carboxylic acids is 1. The molecule has 5 nitrogen and oxygen atoms in total. The topological polar surface area (TPSA) is 82.2 Å². The van der Waals surface area contributed by atoms with E-state index >= 15 is 0 Å². The zero-order valence-corrected chi connectivity index (χ0v) is 14.5. The van der Waals surface area contributed by atoms with Crippen LogP contribution in [0.15, 0.2) is 66.7 Å². The summed E-state index contributed by atoms with van der Waals surface area (Å²) in [7, 11) is 0. The Labute approximate surface area is 155 Å². The molecule has 0 aliphatic heterocycles. The molecule has 4 aromatic rings. The summed E-state index contributed by atoms with van der Waals surface area (Å²) in [5.41, 5.74) is 4.01. The number of carbonyl (C=O) groups is 2. The van der Waals surface area contributed by atoms with Crippen molar-refractivity contribution in [2.75, 3.05) is 5.32 Å². The molecule has 0 unspecified atom stereocenters. The average Bonchev–Trinajstić information content (AvgIpc) is 3.03. The fourth-order valence-corrected chi connectivity index (χ4v) is 3.41. The first-order valence-corrected chi connectivity index (χ1v) is 8.69. The lowest BCUT2D eigenvalue weighted by molar-refractivity contribution is -0.136. The van der Waals surface area contributed by atoms with Crippen molar-refractivity contribution in [2.24, 2.45) is 0 Å². The van der Waals surface area contributed by atoms with Crippen molar-refractivity contribution in [3.8, 4) is 0 Å². The van der Waals surface area contributed by atoms with Crippen LogP contribution in [0.2, 0.25) is 0 Å². The standard InChI is InChI=1S/C22H18N2O3/c25-20(23-18-10-3-1-6-14(18)13-21(26)27)12-15-7-5-9-17-16-8-2-4-11-19(16)24-22(15)17/h1-11,24H,12-13H2,(H,23,25)(H,26,27). The molecule has 134 valence electrons. The van der Waals surface area contributed by atoms with Gasteiger partial charge < -0.3 is 15.4 Å². The number of hydrogen-bond acceptors (Lipinski definition) is 2. The number of carboxylic acid groups (broad SMARTS) is 1. The van der Waals surface area contributed by atoms with E-state index in [1.54, 1.807) is 24.3 Å². The highest BCUT2D eigenvalue weighted by Gasteiger charge is 2.13. The molecule has 0 spiro atoms. The highest BCUT2D eigenvalue weighted by atomic mass is 16.4. The highest BCUT2D eigenvalue weighted by molar-refractivity contribution is 6.09. The number of fused-ring (bicyclic) bond motifs is 3. The first-order chi connectivity index (χ1) is 13.1. The number of carboxylic acids is 1. The summed E-state index contributed by atoms with van der Waals surface area (Å²) >= 11 is 0. The second-order valence-electron chi connectivity index (χ2n) is 6.46. The maximum absolute atomic E-state index is 12.6. The molecule has 0 atom stereocenters. The summed E-state index contributed by atoms with van der Waals surface area (Å²) in [6, 6.07) is 20.9. The number of nitrogens with one attached hydrogen (secondary N) is 2. The van der Waals surface area contributed by atoms with Gasteiger partial charge in [-0.2, -0.15) is 0 Å². The smallest absolute Gasteiger partial charge is 0.307 e. The van der Waals surface area contributed by atoms with E-state index in [0.717, 1.165) is 27.4 Å². The van der Waals surface area contributed by atoms with Crippen molar-refractivity contribution >= 4 is 39.4 Å². The van der Waals surface area contributed by atoms with E-state index in [1.165, 1.54) is 0 Å². The SMILES string of the molecule is O=C(O)Cc1ccccc1NC(=O)Cc1cccc2c1[nH]c1ccccc12. The minimum atomic E-state index is -0.931. The number of anilines is 1. The molecule has 4 rings (SSSR count). The Morgan fingerprint density at radius 2 is 1.52 bits per heavy atom. The molecule has 27 heavy (non-hydrogen) atoms. The fourth-order valence-electron chi connectivity index (χ4n) is 3.41. The molecular weight excluding hydrogens is 340 g/mol. The minimum Gasteiger partial charge on any atom is -0.481 e. The number of benzene rings is 3. The molecule has 1 amide bonds. The summed E-state index contributed by atoms with van der Waals surface area (Å²) in [4.78, 5) is 27.0. The number of H-pyrrole nitrogens is 1. The van der Waals surface area contributed by atoms with Crippen LogP contribution in [0.4, 0.5) is 5.69 Å². The van der Waals surface area contributed by atoms with Gasteiger partial charge in [-0.3, -0.25) is 9.59 Å². The van der Waals surface area contributed by atoms with E-state index in [2.05, 4.69) is 16.4 Å². The molecule has 0 bridgehead atoms.